The molecule has 0 aliphatic heterocycles. The van der Waals surface area contributed by atoms with Crippen LogP contribution in [0.5, 0.6) is 0 Å². The highest BCUT2D eigenvalue weighted by atomic mass is 32.2. The van der Waals surface area contributed by atoms with Crippen LogP contribution in [0, 0.1) is 0 Å². The molecule has 0 amide bonds. The summed E-state index contributed by atoms with van der Waals surface area (Å²) >= 11 is 0. The minimum Gasteiger partial charge on any atom is -0.380 e. The molecule has 1 N–H and O–H groups in total. The van der Waals surface area contributed by atoms with Crippen LogP contribution in [-0.4, -0.2) is 19.7 Å². The maximum absolute atomic E-state index is 12.8. The second-order valence-electron chi connectivity index (χ2n) is 6.33. The minimum atomic E-state index is -4.41. The van der Waals surface area contributed by atoms with E-state index in [0.717, 1.165) is 17.7 Å². The average molecular weight is 394 g/mol. The number of alkyl halides is 3. The van der Waals surface area contributed by atoms with Crippen molar-refractivity contribution in [2.75, 3.05) is 11.6 Å². The molecule has 3 rings (SSSR count). The number of hydrogen-bond donors (Lipinski definition) is 1. The van der Waals surface area contributed by atoms with E-state index in [1.807, 2.05) is 12.1 Å². The van der Waals surface area contributed by atoms with Gasteiger partial charge in [-0.15, -0.1) is 0 Å². The van der Waals surface area contributed by atoms with E-state index >= 15 is 0 Å². The van der Waals surface area contributed by atoms with Crippen molar-refractivity contribution in [1.82, 2.24) is 4.98 Å². The van der Waals surface area contributed by atoms with Crippen LogP contribution in [0.25, 0.3) is 10.9 Å². The van der Waals surface area contributed by atoms with Gasteiger partial charge >= 0.3 is 6.18 Å². The molecule has 4 nitrogen and oxygen atoms in total. The molecule has 1 aromatic heterocycles. The number of anilines is 1. The van der Waals surface area contributed by atoms with Gasteiger partial charge in [0.2, 0.25) is 0 Å². The molecule has 0 aliphatic rings. The summed E-state index contributed by atoms with van der Waals surface area (Å²) in [6.45, 7) is 0.444. The minimum absolute atomic E-state index is 0.0166. The highest BCUT2D eigenvalue weighted by Crippen LogP contribution is 2.32. The van der Waals surface area contributed by atoms with E-state index < -0.39 is 21.6 Å². The highest BCUT2D eigenvalue weighted by molar-refractivity contribution is 7.89. The van der Waals surface area contributed by atoms with Gasteiger partial charge < -0.3 is 5.32 Å². The largest absolute Gasteiger partial charge is 0.416 e. The van der Waals surface area contributed by atoms with Gasteiger partial charge in [-0.2, -0.15) is 13.2 Å². The fourth-order valence-corrected chi connectivity index (χ4v) is 3.53. The van der Waals surface area contributed by atoms with Gasteiger partial charge in [0.1, 0.15) is 0 Å². The summed E-state index contributed by atoms with van der Waals surface area (Å²) in [4.78, 5) is 4.02. The molecule has 0 unspecified atom stereocenters. The van der Waals surface area contributed by atoms with Crippen LogP contribution in [0.3, 0.4) is 0 Å². The summed E-state index contributed by atoms with van der Waals surface area (Å²) < 4.78 is 61.2. The van der Waals surface area contributed by atoms with E-state index in [0.29, 0.717) is 23.2 Å². The Balaban J connectivity index is 1.77. The van der Waals surface area contributed by atoms with E-state index in [4.69, 9.17) is 0 Å². The van der Waals surface area contributed by atoms with Crippen LogP contribution in [0.1, 0.15) is 16.7 Å². The number of nitrogens with one attached hydrogen (secondary N) is 1. The van der Waals surface area contributed by atoms with Crippen molar-refractivity contribution in [2.45, 2.75) is 18.5 Å². The third-order valence-corrected chi connectivity index (χ3v) is 4.86. The number of aromatic nitrogens is 1. The first kappa shape index (κ1) is 19.2. The molecule has 142 valence electrons. The number of nitrogens with zero attached hydrogens (tertiary/aromatic N) is 1. The number of benzene rings is 2. The first-order chi connectivity index (χ1) is 12.6. The van der Waals surface area contributed by atoms with Crippen LogP contribution in [0.2, 0.25) is 0 Å². The van der Waals surface area contributed by atoms with Crippen molar-refractivity contribution < 1.29 is 21.6 Å². The van der Waals surface area contributed by atoms with Gasteiger partial charge in [-0.25, -0.2) is 8.42 Å². The fraction of sp³-hybridized carbons (Fsp3) is 0.211. The van der Waals surface area contributed by atoms with E-state index in [1.165, 1.54) is 18.5 Å². The number of rotatable bonds is 5. The Kier molecular flexibility index (Phi) is 5.10. The molecule has 0 spiro atoms. The lowest BCUT2D eigenvalue weighted by atomic mass is 10.1. The van der Waals surface area contributed by atoms with E-state index in [1.54, 1.807) is 18.2 Å². The Morgan fingerprint density at radius 1 is 1.00 bits per heavy atom. The first-order valence-corrected chi connectivity index (χ1v) is 10.1. The van der Waals surface area contributed by atoms with Gasteiger partial charge in [0.15, 0.2) is 9.84 Å². The third kappa shape index (κ3) is 4.97. The van der Waals surface area contributed by atoms with Crippen molar-refractivity contribution in [3.8, 4) is 0 Å². The summed E-state index contributed by atoms with van der Waals surface area (Å²) in [5.74, 6) is -0.0166. The van der Waals surface area contributed by atoms with Gasteiger partial charge in [-0.1, -0.05) is 30.3 Å². The Hall–Kier alpha value is -2.61. The summed E-state index contributed by atoms with van der Waals surface area (Å²) in [6.07, 6.45) is -1.77. The number of hydrogen-bond acceptors (Lipinski definition) is 4. The Bertz CT molecular complexity index is 1060. The van der Waals surface area contributed by atoms with Crippen LogP contribution < -0.4 is 5.32 Å². The van der Waals surface area contributed by atoms with Gasteiger partial charge in [0.05, 0.1) is 16.8 Å². The summed E-state index contributed by atoms with van der Waals surface area (Å²) in [7, 11) is -3.09. The monoisotopic (exact) mass is 394 g/mol. The van der Waals surface area contributed by atoms with Crippen molar-refractivity contribution in [1.29, 1.82) is 0 Å². The summed E-state index contributed by atoms with van der Waals surface area (Å²) in [5.41, 5.74) is 1.83. The standard InChI is InChI=1S/C19H17F3N2O2S/c1-27(25,26)12-14-4-2-13(3-5-14)11-24-17-8-9-23-18-10-15(19(20,21)22)6-7-16(17)18/h2-10H,11-12H2,1H3,(H,23,24). The highest BCUT2D eigenvalue weighted by Gasteiger charge is 2.30. The average Bonchev–Trinajstić information content (AvgIpc) is 2.58. The normalized spacial score (nSPS) is 12.3. The third-order valence-electron chi connectivity index (χ3n) is 4.00. The quantitative estimate of drug-likeness (QED) is 0.696. The zero-order valence-electron chi connectivity index (χ0n) is 14.4. The molecule has 2 aromatic carbocycles. The molecule has 0 saturated heterocycles. The Morgan fingerprint density at radius 2 is 1.67 bits per heavy atom. The molecular formula is C19H17F3N2O2S. The van der Waals surface area contributed by atoms with Gasteiger partial charge in [0.25, 0.3) is 0 Å². The SMILES string of the molecule is CS(=O)(=O)Cc1ccc(CNc2ccnc3cc(C(F)(F)F)ccc23)cc1. The predicted octanol–water partition coefficient (Wildman–Crippen LogP) is 4.41. The number of sulfone groups is 1. The van der Waals surface area contributed by atoms with Crippen LogP contribution in [0.4, 0.5) is 18.9 Å². The zero-order valence-corrected chi connectivity index (χ0v) is 15.2. The first-order valence-electron chi connectivity index (χ1n) is 8.07. The van der Waals surface area contributed by atoms with Crippen LogP contribution in [0.15, 0.2) is 54.7 Å². The maximum atomic E-state index is 12.8. The molecule has 0 radical (unpaired) electrons. The maximum Gasteiger partial charge on any atom is 0.416 e. The number of halogens is 3. The van der Waals surface area contributed by atoms with Gasteiger partial charge in [-0.3, -0.25) is 4.98 Å². The second-order valence-corrected chi connectivity index (χ2v) is 8.47. The Labute approximate surface area is 155 Å². The Morgan fingerprint density at radius 3 is 2.30 bits per heavy atom. The lowest BCUT2D eigenvalue weighted by molar-refractivity contribution is -0.137. The van der Waals surface area contributed by atoms with E-state index in [-0.39, 0.29) is 11.3 Å². The molecule has 1 heterocycles. The lowest BCUT2D eigenvalue weighted by Gasteiger charge is -2.12. The topological polar surface area (TPSA) is 59.1 Å². The van der Waals surface area contributed by atoms with E-state index in [9.17, 15) is 21.6 Å². The van der Waals surface area contributed by atoms with Crippen LogP contribution >= 0.6 is 0 Å². The number of fused-ring (bicyclic) bond motifs is 1. The molecule has 3 aromatic rings. The van der Waals surface area contributed by atoms with Crippen molar-refractivity contribution in [3.05, 3.63) is 71.4 Å². The summed E-state index contributed by atoms with van der Waals surface area (Å²) in [6, 6.07) is 12.3. The lowest BCUT2D eigenvalue weighted by Crippen LogP contribution is -2.05. The van der Waals surface area contributed by atoms with Crippen molar-refractivity contribution in [2.24, 2.45) is 0 Å². The van der Waals surface area contributed by atoms with Crippen molar-refractivity contribution in [3.63, 3.8) is 0 Å². The second kappa shape index (κ2) is 7.19. The molecule has 0 saturated carbocycles. The zero-order chi connectivity index (χ0) is 19.7. The van der Waals surface area contributed by atoms with Crippen molar-refractivity contribution >= 4 is 26.4 Å². The fourth-order valence-electron chi connectivity index (χ4n) is 2.73. The molecule has 0 aliphatic carbocycles. The van der Waals surface area contributed by atoms with E-state index in [2.05, 4.69) is 10.3 Å². The van der Waals surface area contributed by atoms with Gasteiger partial charge in [0, 0.05) is 30.1 Å². The summed E-state index contributed by atoms with van der Waals surface area (Å²) in [5, 5.41) is 3.79. The number of pyridine rings is 1. The molecule has 0 bridgehead atoms. The molecule has 0 atom stereocenters. The molecule has 27 heavy (non-hydrogen) atoms. The smallest absolute Gasteiger partial charge is 0.380 e. The molecule has 8 heteroatoms. The predicted molar refractivity (Wildman–Crippen MR) is 99.1 cm³/mol. The molecular weight excluding hydrogens is 377 g/mol. The molecule has 0 fully saturated rings. The van der Waals surface area contributed by atoms with Crippen LogP contribution in [-0.2, 0) is 28.3 Å². The van der Waals surface area contributed by atoms with Gasteiger partial charge in [-0.05, 0) is 29.3 Å².